The van der Waals surface area contributed by atoms with Crippen LogP contribution in [0.1, 0.15) is 29.6 Å². The average molecular weight is 491 g/mol. The van der Waals surface area contributed by atoms with Gasteiger partial charge < -0.3 is 15.1 Å². The second-order valence-corrected chi connectivity index (χ2v) is 9.18. The highest BCUT2D eigenvalue weighted by Gasteiger charge is 2.23. The number of carbonyl (C=O) groups excluding carboxylic acids is 2. The van der Waals surface area contributed by atoms with Gasteiger partial charge in [0, 0.05) is 17.6 Å². The minimum Gasteiger partial charge on any atom is -0.459 e. The van der Waals surface area contributed by atoms with Gasteiger partial charge in [0.1, 0.15) is 5.69 Å². The van der Waals surface area contributed by atoms with Crippen molar-refractivity contribution in [1.29, 1.82) is 0 Å². The molecule has 2 aromatic heterocycles. The van der Waals surface area contributed by atoms with Crippen molar-refractivity contribution in [3.8, 4) is 5.69 Å². The summed E-state index contributed by atoms with van der Waals surface area (Å²) in [5.41, 5.74) is 1.95. The molecule has 2 heterocycles. The fourth-order valence-electron chi connectivity index (χ4n) is 3.65. The summed E-state index contributed by atoms with van der Waals surface area (Å²) in [5.74, 6) is -0.391. The number of benzene rings is 2. The molecule has 4 rings (SSSR count). The molecule has 0 saturated heterocycles. The molecule has 8 nitrogen and oxygen atoms in total. The number of furan rings is 1. The van der Waals surface area contributed by atoms with Gasteiger partial charge in [0.05, 0.1) is 22.9 Å². The van der Waals surface area contributed by atoms with Gasteiger partial charge in [-0.2, -0.15) is 0 Å². The highest BCUT2D eigenvalue weighted by atomic mass is 32.2. The van der Waals surface area contributed by atoms with Crippen molar-refractivity contribution in [1.82, 2.24) is 9.36 Å². The van der Waals surface area contributed by atoms with E-state index in [-0.39, 0.29) is 28.8 Å². The molecule has 0 saturated carbocycles. The van der Waals surface area contributed by atoms with E-state index in [1.54, 1.807) is 42.9 Å². The molecule has 0 spiro atoms. The van der Waals surface area contributed by atoms with E-state index in [2.05, 4.69) is 10.6 Å². The van der Waals surface area contributed by atoms with Crippen molar-refractivity contribution in [3.05, 3.63) is 94.8 Å². The molecule has 180 valence electrons. The van der Waals surface area contributed by atoms with Crippen LogP contribution in [-0.4, -0.2) is 26.4 Å². The molecule has 2 amide bonds. The second kappa shape index (κ2) is 10.5. The monoisotopic (exact) mass is 490 g/mol. The predicted octanol–water partition coefficient (Wildman–Crippen LogP) is 4.84. The fraction of sp³-hybridized carbons (Fsp3) is 0.192. The SMILES string of the molecule is CCC(Sc1cccc(NC(=O)c2ccco2)c1)C(=O)Nc1c(C)n(C)n(-c2ccccc2)c1=O. The van der Waals surface area contributed by atoms with Crippen LogP contribution in [0.25, 0.3) is 5.69 Å². The van der Waals surface area contributed by atoms with Crippen LogP contribution in [0.4, 0.5) is 11.4 Å². The zero-order valence-electron chi connectivity index (χ0n) is 19.6. The summed E-state index contributed by atoms with van der Waals surface area (Å²) < 4.78 is 8.39. The lowest BCUT2D eigenvalue weighted by Gasteiger charge is -2.15. The lowest BCUT2D eigenvalue weighted by Crippen LogP contribution is -2.28. The lowest BCUT2D eigenvalue weighted by molar-refractivity contribution is -0.115. The summed E-state index contributed by atoms with van der Waals surface area (Å²) >= 11 is 1.37. The van der Waals surface area contributed by atoms with Crippen LogP contribution in [0.5, 0.6) is 0 Å². The Labute approximate surface area is 206 Å². The zero-order valence-corrected chi connectivity index (χ0v) is 20.5. The highest BCUT2D eigenvalue weighted by molar-refractivity contribution is 8.00. The van der Waals surface area contributed by atoms with Crippen molar-refractivity contribution in [3.63, 3.8) is 0 Å². The Balaban J connectivity index is 1.50. The molecule has 0 aliphatic carbocycles. The molecule has 0 aliphatic rings. The van der Waals surface area contributed by atoms with E-state index in [9.17, 15) is 14.4 Å². The Morgan fingerprint density at radius 2 is 1.80 bits per heavy atom. The third-order valence-electron chi connectivity index (χ3n) is 5.58. The molecule has 2 aromatic carbocycles. The number of hydrogen-bond acceptors (Lipinski definition) is 5. The lowest BCUT2D eigenvalue weighted by atomic mass is 10.3. The number of anilines is 2. The van der Waals surface area contributed by atoms with Gasteiger partial charge >= 0.3 is 0 Å². The maximum Gasteiger partial charge on any atom is 0.295 e. The van der Waals surface area contributed by atoms with Gasteiger partial charge in [-0.15, -0.1) is 11.8 Å². The summed E-state index contributed by atoms with van der Waals surface area (Å²) in [6, 6.07) is 19.8. The van der Waals surface area contributed by atoms with Crippen molar-refractivity contribution in [2.45, 2.75) is 30.4 Å². The van der Waals surface area contributed by atoms with Gasteiger partial charge in [0.2, 0.25) is 5.91 Å². The van der Waals surface area contributed by atoms with Gasteiger partial charge in [0.15, 0.2) is 5.76 Å². The number of nitrogens with one attached hydrogen (secondary N) is 2. The number of para-hydroxylation sites is 1. The first kappa shape index (κ1) is 24.2. The number of aromatic nitrogens is 2. The second-order valence-electron chi connectivity index (χ2n) is 7.90. The summed E-state index contributed by atoms with van der Waals surface area (Å²) in [7, 11) is 1.79. The molecule has 0 bridgehead atoms. The van der Waals surface area contributed by atoms with Crippen LogP contribution in [-0.2, 0) is 11.8 Å². The van der Waals surface area contributed by atoms with Gasteiger partial charge in [0.25, 0.3) is 11.5 Å². The van der Waals surface area contributed by atoms with Crippen LogP contribution in [0, 0.1) is 6.92 Å². The topological polar surface area (TPSA) is 98.3 Å². The Morgan fingerprint density at radius 1 is 1.03 bits per heavy atom. The Bertz CT molecular complexity index is 1390. The molecule has 1 unspecified atom stereocenters. The van der Waals surface area contributed by atoms with Gasteiger partial charge in [-0.3, -0.25) is 19.1 Å². The third-order valence-corrected chi connectivity index (χ3v) is 6.94. The first-order valence-corrected chi connectivity index (χ1v) is 12.0. The molecule has 35 heavy (non-hydrogen) atoms. The number of rotatable bonds is 8. The Hall–Kier alpha value is -3.98. The summed E-state index contributed by atoms with van der Waals surface area (Å²) in [6.07, 6.45) is 1.99. The van der Waals surface area contributed by atoms with E-state index in [0.29, 0.717) is 17.8 Å². The average Bonchev–Trinajstić information content (AvgIpc) is 3.47. The van der Waals surface area contributed by atoms with Crippen LogP contribution in [0.3, 0.4) is 0 Å². The zero-order chi connectivity index (χ0) is 24.9. The Morgan fingerprint density at radius 3 is 2.49 bits per heavy atom. The normalized spacial score (nSPS) is 11.7. The standard InChI is InChI=1S/C26H26N4O4S/c1-4-22(35-20-13-8-10-18(16-20)27-24(31)21-14-9-15-34-21)25(32)28-23-17(2)29(3)30(26(23)33)19-11-6-5-7-12-19/h5-16,22H,4H2,1-3H3,(H,27,31)(H,28,32). The number of thioether (sulfide) groups is 1. The fourth-order valence-corrected chi connectivity index (χ4v) is 4.66. The van der Waals surface area contributed by atoms with Crippen LogP contribution < -0.4 is 16.2 Å². The number of nitrogens with zero attached hydrogens (tertiary/aromatic N) is 2. The van der Waals surface area contributed by atoms with Gasteiger partial charge in [-0.1, -0.05) is 31.2 Å². The molecular weight excluding hydrogens is 464 g/mol. The maximum absolute atomic E-state index is 13.2. The molecule has 0 aliphatic heterocycles. The highest BCUT2D eigenvalue weighted by Crippen LogP contribution is 2.29. The van der Waals surface area contributed by atoms with E-state index < -0.39 is 5.25 Å². The molecule has 1 atom stereocenters. The van der Waals surface area contributed by atoms with Crippen molar-refractivity contribution >= 4 is 35.0 Å². The molecule has 2 N–H and O–H groups in total. The number of carbonyl (C=O) groups is 2. The molecule has 0 fully saturated rings. The van der Waals surface area contributed by atoms with E-state index in [1.165, 1.54) is 22.7 Å². The van der Waals surface area contributed by atoms with Crippen LogP contribution in [0.15, 0.2) is 87.1 Å². The number of amides is 2. The van der Waals surface area contributed by atoms with Gasteiger partial charge in [-0.05, 0) is 55.8 Å². The molecule has 0 radical (unpaired) electrons. The van der Waals surface area contributed by atoms with Crippen LogP contribution in [0.2, 0.25) is 0 Å². The van der Waals surface area contributed by atoms with E-state index in [0.717, 1.165) is 10.6 Å². The molecular formula is C26H26N4O4S. The smallest absolute Gasteiger partial charge is 0.295 e. The minimum absolute atomic E-state index is 0.216. The summed E-state index contributed by atoms with van der Waals surface area (Å²) in [5, 5.41) is 5.21. The van der Waals surface area contributed by atoms with E-state index >= 15 is 0 Å². The quantitative estimate of drug-likeness (QED) is 0.345. The van der Waals surface area contributed by atoms with Crippen molar-refractivity contribution in [2.75, 3.05) is 10.6 Å². The maximum atomic E-state index is 13.2. The van der Waals surface area contributed by atoms with Crippen LogP contribution >= 0.6 is 11.8 Å². The minimum atomic E-state index is -0.435. The van der Waals surface area contributed by atoms with Crippen molar-refractivity contribution in [2.24, 2.45) is 7.05 Å². The van der Waals surface area contributed by atoms with Gasteiger partial charge in [-0.25, -0.2) is 4.68 Å². The van der Waals surface area contributed by atoms with Crippen molar-refractivity contribution < 1.29 is 14.0 Å². The number of hydrogen-bond donors (Lipinski definition) is 2. The van der Waals surface area contributed by atoms with E-state index in [1.807, 2.05) is 49.4 Å². The van der Waals surface area contributed by atoms with E-state index in [4.69, 9.17) is 4.42 Å². The molecule has 9 heteroatoms. The molecule has 4 aromatic rings. The Kier molecular flexibility index (Phi) is 7.26. The summed E-state index contributed by atoms with van der Waals surface area (Å²) in [4.78, 5) is 39.4. The third kappa shape index (κ3) is 5.25. The largest absolute Gasteiger partial charge is 0.459 e. The predicted molar refractivity (Wildman–Crippen MR) is 137 cm³/mol. The first-order chi connectivity index (χ1) is 16.9. The first-order valence-electron chi connectivity index (χ1n) is 11.2. The summed E-state index contributed by atoms with van der Waals surface area (Å²) in [6.45, 7) is 3.72.